The molecule has 0 fully saturated rings. The van der Waals surface area contributed by atoms with Crippen LogP contribution in [0.3, 0.4) is 0 Å². The van der Waals surface area contributed by atoms with Gasteiger partial charge < -0.3 is 13.9 Å². The first-order valence-corrected chi connectivity index (χ1v) is 10.0. The second-order valence-electron chi connectivity index (χ2n) is 8.75. The van der Waals surface area contributed by atoms with Crippen LogP contribution in [0.2, 0.25) is 0 Å². The van der Waals surface area contributed by atoms with Crippen LogP contribution in [0.1, 0.15) is 58.2 Å². The molecule has 0 aliphatic rings. The molecule has 0 aromatic heterocycles. The maximum atomic E-state index is 9.52. The standard InChI is InChI=1S/C22H31O3P/c1-15-13-17(21(2,3)4)14-19(22(5,6)7)20(15)16-9-11-18(12-10-16)25-26(23)24-8/h9-14,23H,1-8H3. The van der Waals surface area contributed by atoms with E-state index in [0.717, 1.165) is 5.56 Å². The lowest BCUT2D eigenvalue weighted by Crippen LogP contribution is -2.18. The molecule has 2 aromatic carbocycles. The van der Waals surface area contributed by atoms with Gasteiger partial charge >= 0.3 is 8.60 Å². The average Bonchev–Trinajstić information content (AvgIpc) is 2.53. The molecule has 1 N–H and O–H groups in total. The summed E-state index contributed by atoms with van der Waals surface area (Å²) in [5.41, 5.74) is 6.55. The highest BCUT2D eigenvalue weighted by Gasteiger charge is 2.24. The van der Waals surface area contributed by atoms with Crippen molar-refractivity contribution in [3.05, 3.63) is 53.1 Å². The van der Waals surface area contributed by atoms with Gasteiger partial charge in [0.15, 0.2) is 0 Å². The molecule has 1 atom stereocenters. The van der Waals surface area contributed by atoms with Crippen LogP contribution in [-0.2, 0) is 15.4 Å². The normalized spacial score (nSPS) is 13.6. The van der Waals surface area contributed by atoms with Crippen molar-refractivity contribution < 1.29 is 13.9 Å². The summed E-state index contributed by atoms with van der Waals surface area (Å²) in [4.78, 5) is 9.52. The van der Waals surface area contributed by atoms with E-state index in [2.05, 4.69) is 60.6 Å². The third kappa shape index (κ3) is 4.85. The largest absolute Gasteiger partial charge is 0.427 e. The van der Waals surface area contributed by atoms with Crippen LogP contribution in [0.25, 0.3) is 11.1 Å². The van der Waals surface area contributed by atoms with Gasteiger partial charge in [0.05, 0.1) is 0 Å². The van der Waals surface area contributed by atoms with Crippen LogP contribution in [-0.4, -0.2) is 12.0 Å². The molecule has 3 nitrogen and oxygen atoms in total. The molecule has 0 bridgehead atoms. The molecule has 0 saturated carbocycles. The lowest BCUT2D eigenvalue weighted by atomic mass is 9.75. The first-order chi connectivity index (χ1) is 11.9. The Kier molecular flexibility index (Phi) is 6.17. The molecule has 2 aromatic rings. The summed E-state index contributed by atoms with van der Waals surface area (Å²) in [6.07, 6.45) is 0. The molecule has 0 amide bonds. The number of rotatable bonds is 4. The SMILES string of the molecule is COP(O)Oc1ccc(-c2c(C)cc(C(C)(C)C)cc2C(C)(C)C)cc1. The third-order valence-corrected chi connectivity index (χ3v) is 5.17. The minimum Gasteiger partial charge on any atom is -0.427 e. The average molecular weight is 374 g/mol. The Labute approximate surface area is 159 Å². The fourth-order valence-electron chi connectivity index (χ4n) is 3.00. The molecule has 4 heteroatoms. The van der Waals surface area contributed by atoms with Crippen molar-refractivity contribution in [3.8, 4) is 16.9 Å². The summed E-state index contributed by atoms with van der Waals surface area (Å²) in [5, 5.41) is 0. The maximum Gasteiger partial charge on any atom is 0.394 e. The van der Waals surface area contributed by atoms with Crippen molar-refractivity contribution >= 4 is 8.60 Å². The lowest BCUT2D eigenvalue weighted by molar-refractivity contribution is 0.317. The molecule has 0 radical (unpaired) electrons. The van der Waals surface area contributed by atoms with Gasteiger partial charge in [0.1, 0.15) is 5.75 Å². The molecular formula is C22H31O3P. The van der Waals surface area contributed by atoms with Crippen molar-refractivity contribution in [2.75, 3.05) is 7.11 Å². The first-order valence-electron chi connectivity index (χ1n) is 8.90. The van der Waals surface area contributed by atoms with Gasteiger partial charge in [-0.3, -0.25) is 0 Å². The molecule has 26 heavy (non-hydrogen) atoms. The molecule has 0 heterocycles. The van der Waals surface area contributed by atoms with Crippen molar-refractivity contribution in [1.29, 1.82) is 0 Å². The third-order valence-electron chi connectivity index (χ3n) is 4.49. The highest BCUT2D eigenvalue weighted by atomic mass is 31.2. The fourth-order valence-corrected chi connectivity index (χ4v) is 3.38. The van der Waals surface area contributed by atoms with E-state index in [4.69, 9.17) is 9.05 Å². The van der Waals surface area contributed by atoms with Gasteiger partial charge in [0.2, 0.25) is 0 Å². The lowest BCUT2D eigenvalue weighted by Gasteiger charge is -2.29. The summed E-state index contributed by atoms with van der Waals surface area (Å²) in [6.45, 7) is 15.7. The minimum atomic E-state index is -1.87. The van der Waals surface area contributed by atoms with Gasteiger partial charge in [-0.25, -0.2) is 0 Å². The van der Waals surface area contributed by atoms with Crippen LogP contribution in [0.15, 0.2) is 36.4 Å². The number of hydrogen-bond donors (Lipinski definition) is 1. The van der Waals surface area contributed by atoms with Crippen LogP contribution in [0.5, 0.6) is 5.75 Å². The predicted octanol–water partition coefficient (Wildman–Crippen LogP) is 6.50. The Hall–Kier alpha value is -1.41. The molecule has 0 aliphatic heterocycles. The van der Waals surface area contributed by atoms with Gasteiger partial charge in [-0.15, -0.1) is 0 Å². The summed E-state index contributed by atoms with van der Waals surface area (Å²) < 4.78 is 10.1. The predicted molar refractivity (Wildman–Crippen MR) is 111 cm³/mol. The van der Waals surface area contributed by atoms with Gasteiger partial charge in [-0.05, 0) is 57.7 Å². The highest BCUT2D eigenvalue weighted by Crippen LogP contribution is 2.40. The molecule has 142 valence electrons. The monoisotopic (exact) mass is 374 g/mol. The van der Waals surface area contributed by atoms with Gasteiger partial charge in [-0.1, -0.05) is 65.8 Å². The smallest absolute Gasteiger partial charge is 0.394 e. The Morgan fingerprint density at radius 2 is 1.46 bits per heavy atom. The van der Waals surface area contributed by atoms with E-state index in [0.29, 0.717) is 5.75 Å². The summed E-state index contributed by atoms with van der Waals surface area (Å²) >= 11 is 0. The van der Waals surface area contributed by atoms with E-state index in [9.17, 15) is 4.89 Å². The molecule has 0 saturated heterocycles. The Morgan fingerprint density at radius 3 is 1.92 bits per heavy atom. The minimum absolute atomic E-state index is 0.0337. The number of hydrogen-bond acceptors (Lipinski definition) is 3. The summed E-state index contributed by atoms with van der Waals surface area (Å²) in [5.74, 6) is 0.602. The maximum absolute atomic E-state index is 9.52. The molecule has 0 spiro atoms. The second kappa shape index (κ2) is 7.68. The summed E-state index contributed by atoms with van der Waals surface area (Å²) in [7, 11) is -0.440. The van der Waals surface area contributed by atoms with Crippen molar-refractivity contribution in [2.45, 2.75) is 59.3 Å². The summed E-state index contributed by atoms with van der Waals surface area (Å²) in [6, 6.07) is 12.5. The zero-order valence-corrected chi connectivity index (χ0v) is 18.1. The molecule has 2 rings (SSSR count). The van der Waals surface area contributed by atoms with Crippen LogP contribution in [0, 0.1) is 6.92 Å². The van der Waals surface area contributed by atoms with E-state index in [1.807, 2.05) is 24.3 Å². The zero-order valence-electron chi connectivity index (χ0n) is 17.2. The molecule has 0 aliphatic carbocycles. The van der Waals surface area contributed by atoms with E-state index in [1.54, 1.807) is 0 Å². The van der Waals surface area contributed by atoms with Crippen LogP contribution in [0.4, 0.5) is 0 Å². The van der Waals surface area contributed by atoms with E-state index in [1.165, 1.54) is 29.4 Å². The van der Waals surface area contributed by atoms with E-state index < -0.39 is 8.60 Å². The first kappa shape index (κ1) is 20.9. The second-order valence-corrected chi connectivity index (χ2v) is 9.78. The van der Waals surface area contributed by atoms with Crippen molar-refractivity contribution in [1.82, 2.24) is 0 Å². The van der Waals surface area contributed by atoms with Crippen molar-refractivity contribution in [3.63, 3.8) is 0 Å². The van der Waals surface area contributed by atoms with E-state index >= 15 is 0 Å². The Morgan fingerprint density at radius 1 is 0.885 bits per heavy atom. The van der Waals surface area contributed by atoms with Crippen LogP contribution >= 0.6 is 8.60 Å². The van der Waals surface area contributed by atoms with Gasteiger partial charge in [0.25, 0.3) is 0 Å². The molecule has 1 unspecified atom stereocenters. The zero-order chi connectivity index (χ0) is 19.7. The number of aryl methyl sites for hydroxylation is 1. The highest BCUT2D eigenvalue weighted by molar-refractivity contribution is 7.41. The number of benzene rings is 2. The Balaban J connectivity index is 2.55. The topological polar surface area (TPSA) is 38.7 Å². The van der Waals surface area contributed by atoms with Gasteiger partial charge in [0, 0.05) is 7.11 Å². The molecular weight excluding hydrogens is 343 g/mol. The van der Waals surface area contributed by atoms with Crippen molar-refractivity contribution in [2.24, 2.45) is 0 Å². The quantitative estimate of drug-likeness (QED) is 0.621. The van der Waals surface area contributed by atoms with Crippen LogP contribution < -0.4 is 4.52 Å². The van der Waals surface area contributed by atoms with E-state index in [-0.39, 0.29) is 10.8 Å². The fraction of sp³-hybridized carbons (Fsp3) is 0.455. The Bertz CT molecular complexity index is 753. The van der Waals surface area contributed by atoms with Gasteiger partial charge in [-0.2, -0.15) is 0 Å².